The molecule has 1 amide bonds. The summed E-state index contributed by atoms with van der Waals surface area (Å²) >= 11 is 11.6. The van der Waals surface area contributed by atoms with Gasteiger partial charge in [0.1, 0.15) is 5.70 Å². The Kier molecular flexibility index (Phi) is 5.57. The predicted molar refractivity (Wildman–Crippen MR) is 136 cm³/mol. The largest absolute Gasteiger partial charge is 0.282 e. The van der Waals surface area contributed by atoms with E-state index in [2.05, 4.69) is 20.9 Å². The van der Waals surface area contributed by atoms with Crippen molar-refractivity contribution in [3.63, 3.8) is 0 Å². The van der Waals surface area contributed by atoms with E-state index < -0.39 is 4.92 Å². The minimum atomic E-state index is -0.480. The highest BCUT2D eigenvalue weighted by Gasteiger charge is 2.35. The molecule has 0 N–H and O–H groups in total. The molecule has 0 bridgehead atoms. The van der Waals surface area contributed by atoms with Gasteiger partial charge in [0, 0.05) is 20.6 Å². The lowest BCUT2D eigenvalue weighted by Crippen LogP contribution is -2.32. The zero-order valence-electron chi connectivity index (χ0n) is 16.7. The fourth-order valence-electron chi connectivity index (χ4n) is 3.58. The van der Waals surface area contributed by atoms with E-state index in [4.69, 9.17) is 11.6 Å². The van der Waals surface area contributed by atoms with Gasteiger partial charge in [0.2, 0.25) is 0 Å². The number of carbonyl (C=O) groups is 1. The molecule has 1 aromatic heterocycles. The summed E-state index contributed by atoms with van der Waals surface area (Å²) in [6.07, 6.45) is 1.44. The maximum absolute atomic E-state index is 13.5. The molecule has 33 heavy (non-hydrogen) atoms. The third-order valence-electron chi connectivity index (χ3n) is 5.11. The second-order valence-electron chi connectivity index (χ2n) is 7.14. The number of rotatable bonds is 4. The van der Waals surface area contributed by atoms with E-state index in [9.17, 15) is 14.9 Å². The second-order valence-corrected chi connectivity index (χ2v) is 9.49. The van der Waals surface area contributed by atoms with Gasteiger partial charge in [-0.15, -0.1) is 11.3 Å². The first-order valence-electron chi connectivity index (χ1n) is 9.75. The molecular weight excluding hydrogens is 526 g/mol. The number of aliphatic imine (C=N–C) groups is 1. The zero-order valence-corrected chi connectivity index (χ0v) is 19.9. The Morgan fingerprint density at radius 1 is 1.03 bits per heavy atom. The number of carbonyl (C=O) groups excluding carboxylic acids is 1. The first-order valence-corrected chi connectivity index (χ1v) is 11.7. The van der Waals surface area contributed by atoms with E-state index in [1.807, 2.05) is 36.4 Å². The molecule has 0 saturated carbocycles. The number of nitro groups is 1. The van der Waals surface area contributed by atoms with Gasteiger partial charge in [-0.2, -0.15) is 0 Å². The van der Waals surface area contributed by atoms with Crippen LogP contribution in [0.4, 0.5) is 11.4 Å². The van der Waals surface area contributed by atoms with E-state index in [1.165, 1.54) is 28.4 Å². The SMILES string of the molecule is O=C1/C(=C\c2ccccc2[N+](=O)[O-])N=C(c2sc3ccccc3c2Cl)N1c1ccc(Br)cc1. The van der Waals surface area contributed by atoms with Gasteiger partial charge in [-0.05, 0) is 42.5 Å². The molecule has 5 rings (SSSR count). The van der Waals surface area contributed by atoms with E-state index in [1.54, 1.807) is 30.3 Å². The van der Waals surface area contributed by atoms with Crippen molar-refractivity contribution in [1.82, 2.24) is 0 Å². The monoisotopic (exact) mass is 537 g/mol. The van der Waals surface area contributed by atoms with Crippen LogP contribution in [0.25, 0.3) is 16.2 Å². The number of hydrogen-bond donors (Lipinski definition) is 0. The van der Waals surface area contributed by atoms with Crippen LogP contribution in [0.15, 0.2) is 88.0 Å². The van der Waals surface area contributed by atoms with Crippen LogP contribution in [0, 0.1) is 10.1 Å². The van der Waals surface area contributed by atoms with Gasteiger partial charge in [-0.25, -0.2) is 4.99 Å². The van der Waals surface area contributed by atoms with Gasteiger partial charge in [-0.3, -0.25) is 19.8 Å². The molecule has 6 nitrogen and oxygen atoms in total. The number of nitrogens with zero attached hydrogens (tertiary/aromatic N) is 3. The van der Waals surface area contributed by atoms with Crippen molar-refractivity contribution in [3.8, 4) is 0 Å². The summed E-state index contributed by atoms with van der Waals surface area (Å²) in [5.74, 6) is -0.00245. The summed E-state index contributed by atoms with van der Waals surface area (Å²) in [5, 5.41) is 12.8. The van der Waals surface area contributed by atoms with Crippen molar-refractivity contribution in [2.24, 2.45) is 4.99 Å². The summed E-state index contributed by atoms with van der Waals surface area (Å²) in [5.41, 5.74) is 0.905. The van der Waals surface area contributed by atoms with Crippen LogP contribution in [-0.2, 0) is 4.79 Å². The molecule has 1 aliphatic heterocycles. The molecule has 0 atom stereocenters. The Morgan fingerprint density at radius 2 is 1.73 bits per heavy atom. The number of fused-ring (bicyclic) bond motifs is 1. The summed E-state index contributed by atoms with van der Waals surface area (Å²) in [6.45, 7) is 0. The Labute approximate surface area is 205 Å². The van der Waals surface area contributed by atoms with Crippen molar-refractivity contribution in [1.29, 1.82) is 0 Å². The molecule has 0 aliphatic carbocycles. The number of thiophene rings is 1. The average Bonchev–Trinajstić information content (AvgIpc) is 3.31. The maximum atomic E-state index is 13.5. The van der Waals surface area contributed by atoms with Crippen molar-refractivity contribution < 1.29 is 9.72 Å². The van der Waals surface area contributed by atoms with Gasteiger partial charge in [0.05, 0.1) is 26.1 Å². The molecule has 0 spiro atoms. The molecule has 0 unspecified atom stereocenters. The van der Waals surface area contributed by atoms with Crippen LogP contribution < -0.4 is 4.90 Å². The lowest BCUT2D eigenvalue weighted by molar-refractivity contribution is -0.385. The van der Waals surface area contributed by atoms with Crippen LogP contribution in [0.1, 0.15) is 10.4 Å². The first kappa shape index (κ1) is 21.5. The predicted octanol–water partition coefficient (Wildman–Crippen LogP) is 7.06. The number of amidine groups is 1. The molecule has 162 valence electrons. The second kappa shape index (κ2) is 8.55. The van der Waals surface area contributed by atoms with Gasteiger partial charge in [-0.1, -0.05) is 57.9 Å². The fraction of sp³-hybridized carbons (Fsp3) is 0. The van der Waals surface area contributed by atoms with E-state index >= 15 is 0 Å². The minimum absolute atomic E-state index is 0.0933. The highest BCUT2D eigenvalue weighted by Crippen LogP contribution is 2.39. The molecule has 3 aromatic carbocycles. The Bertz CT molecular complexity index is 1490. The molecular formula is C24H13BrClN3O3S. The van der Waals surface area contributed by atoms with Gasteiger partial charge < -0.3 is 0 Å². The van der Waals surface area contributed by atoms with Gasteiger partial charge in [0.25, 0.3) is 11.6 Å². The third-order valence-corrected chi connectivity index (χ3v) is 7.31. The van der Waals surface area contributed by atoms with E-state index in [0.717, 1.165) is 14.6 Å². The minimum Gasteiger partial charge on any atom is -0.266 e. The normalized spacial score (nSPS) is 14.8. The van der Waals surface area contributed by atoms with Gasteiger partial charge in [0.15, 0.2) is 5.84 Å². The number of benzene rings is 3. The Balaban J connectivity index is 1.70. The molecule has 9 heteroatoms. The maximum Gasteiger partial charge on any atom is 0.282 e. The number of halogens is 2. The standard InChI is InChI=1S/C24H13BrClN3O3S/c25-15-9-11-16(12-10-15)28-23(22-21(26)17-6-2-4-8-20(17)33-22)27-18(24(28)30)13-14-5-1-3-7-19(14)29(31)32/h1-13H/b18-13+. The van der Waals surface area contributed by atoms with Crippen molar-refractivity contribution in [2.75, 3.05) is 4.90 Å². The van der Waals surface area contributed by atoms with Crippen molar-refractivity contribution >= 4 is 78.1 Å². The number of para-hydroxylation sites is 1. The number of amides is 1. The van der Waals surface area contributed by atoms with Crippen LogP contribution in [0.2, 0.25) is 5.02 Å². The van der Waals surface area contributed by atoms with Crippen molar-refractivity contribution in [3.05, 3.63) is 109 Å². The van der Waals surface area contributed by atoms with Gasteiger partial charge >= 0.3 is 0 Å². The highest BCUT2D eigenvalue weighted by molar-refractivity contribution is 9.10. The number of anilines is 1. The summed E-state index contributed by atoms with van der Waals surface area (Å²) in [6, 6.07) is 21.2. The van der Waals surface area contributed by atoms with E-state index in [-0.39, 0.29) is 17.3 Å². The first-order chi connectivity index (χ1) is 15.9. The summed E-state index contributed by atoms with van der Waals surface area (Å²) in [7, 11) is 0. The zero-order chi connectivity index (χ0) is 23.1. The molecule has 2 heterocycles. The van der Waals surface area contributed by atoms with E-state index in [0.29, 0.717) is 27.0 Å². The summed E-state index contributed by atoms with van der Waals surface area (Å²) < 4.78 is 1.84. The Morgan fingerprint density at radius 3 is 2.45 bits per heavy atom. The lowest BCUT2D eigenvalue weighted by Gasteiger charge is -2.18. The molecule has 0 fully saturated rings. The Hall–Kier alpha value is -3.33. The lowest BCUT2D eigenvalue weighted by atomic mass is 10.1. The topological polar surface area (TPSA) is 75.8 Å². The number of hydrogen-bond acceptors (Lipinski definition) is 5. The van der Waals surface area contributed by atoms with Crippen LogP contribution >= 0.6 is 38.9 Å². The third kappa shape index (κ3) is 3.86. The molecule has 1 aliphatic rings. The molecule has 0 radical (unpaired) electrons. The van der Waals surface area contributed by atoms with Crippen LogP contribution in [-0.4, -0.2) is 16.7 Å². The summed E-state index contributed by atoms with van der Waals surface area (Å²) in [4.78, 5) is 31.2. The molecule has 4 aromatic rings. The number of nitro benzene ring substituents is 1. The smallest absolute Gasteiger partial charge is 0.266 e. The van der Waals surface area contributed by atoms with Crippen LogP contribution in [0.3, 0.4) is 0 Å². The molecule has 0 saturated heterocycles. The highest BCUT2D eigenvalue weighted by atomic mass is 79.9. The van der Waals surface area contributed by atoms with Crippen molar-refractivity contribution in [2.45, 2.75) is 0 Å². The fourth-order valence-corrected chi connectivity index (χ4v) is 5.34. The quantitative estimate of drug-likeness (QED) is 0.159. The average molecular weight is 539 g/mol. The van der Waals surface area contributed by atoms with Crippen LogP contribution in [0.5, 0.6) is 0 Å².